The van der Waals surface area contributed by atoms with Crippen molar-refractivity contribution < 1.29 is 24.8 Å². The average Bonchev–Trinajstić information content (AvgIpc) is 3.20. The number of hydrogen-bond acceptors (Lipinski definition) is 4. The van der Waals surface area contributed by atoms with E-state index in [0.717, 1.165) is 18.4 Å². The fraction of sp³-hybridized carbons (Fsp3) is 0.526. The molecule has 0 bridgehead atoms. The van der Waals surface area contributed by atoms with Crippen LogP contribution in [0, 0.1) is 11.8 Å². The number of para-hydroxylation sites is 1. The van der Waals surface area contributed by atoms with E-state index < -0.39 is 29.5 Å². The molecule has 2 fully saturated rings. The standard InChI is InChI=1S/C19H23N3O4/c1-3-4-9-22-16(24)13-14(17(22)25)19(21-15(13)10(2)23)11-7-5-6-8-12(11)20-18(19)26/h5-8,10,13-15,21,23H,3-4,9H2,1-2H3,(H,20,26)/p+1/t10-,13+,14+,15+,19+/m1/s1. The Labute approximate surface area is 151 Å². The van der Waals surface area contributed by atoms with E-state index >= 15 is 0 Å². The summed E-state index contributed by atoms with van der Waals surface area (Å²) in [6.45, 7) is 3.98. The van der Waals surface area contributed by atoms with Crippen molar-refractivity contribution >= 4 is 23.4 Å². The van der Waals surface area contributed by atoms with Crippen molar-refractivity contribution in [1.29, 1.82) is 0 Å². The normalized spacial score (nSPS) is 33.6. The van der Waals surface area contributed by atoms with Crippen LogP contribution >= 0.6 is 0 Å². The fourth-order valence-electron chi connectivity index (χ4n) is 4.88. The van der Waals surface area contributed by atoms with Crippen LogP contribution in [0.5, 0.6) is 0 Å². The first-order valence-corrected chi connectivity index (χ1v) is 9.23. The van der Waals surface area contributed by atoms with Gasteiger partial charge in [0, 0.05) is 12.1 Å². The molecule has 7 nitrogen and oxygen atoms in total. The summed E-state index contributed by atoms with van der Waals surface area (Å²) in [5, 5.41) is 14.9. The number of quaternary nitrogens is 1. The second-order valence-electron chi connectivity index (χ2n) is 7.54. The number of anilines is 1. The van der Waals surface area contributed by atoms with Crippen molar-refractivity contribution in [2.24, 2.45) is 11.8 Å². The molecule has 3 heterocycles. The number of amides is 3. The van der Waals surface area contributed by atoms with Gasteiger partial charge < -0.3 is 15.7 Å². The van der Waals surface area contributed by atoms with E-state index in [0.29, 0.717) is 12.2 Å². The largest absolute Gasteiger partial charge is 0.387 e. The van der Waals surface area contributed by atoms with Gasteiger partial charge in [-0.3, -0.25) is 19.3 Å². The van der Waals surface area contributed by atoms with Crippen LogP contribution in [0.3, 0.4) is 0 Å². The third-order valence-electron chi connectivity index (χ3n) is 6.09. The monoisotopic (exact) mass is 358 g/mol. The number of carbonyl (C=O) groups excluding carboxylic acids is 3. The molecular formula is C19H24N3O4+. The average molecular weight is 358 g/mol. The number of nitrogens with two attached hydrogens (primary N) is 1. The summed E-state index contributed by atoms with van der Waals surface area (Å²) in [6.07, 6.45) is 0.785. The Morgan fingerprint density at radius 1 is 1.27 bits per heavy atom. The zero-order valence-corrected chi connectivity index (χ0v) is 14.9. The Bertz CT molecular complexity index is 793. The minimum atomic E-state index is -1.18. The van der Waals surface area contributed by atoms with Crippen molar-refractivity contribution in [2.45, 2.75) is 44.4 Å². The van der Waals surface area contributed by atoms with E-state index in [1.165, 1.54) is 4.90 Å². The van der Waals surface area contributed by atoms with Gasteiger partial charge in [-0.1, -0.05) is 31.5 Å². The molecule has 4 rings (SSSR count). The molecule has 0 radical (unpaired) electrons. The van der Waals surface area contributed by atoms with Gasteiger partial charge in [-0.2, -0.15) is 0 Å². The van der Waals surface area contributed by atoms with Crippen molar-refractivity contribution in [1.82, 2.24) is 4.90 Å². The van der Waals surface area contributed by atoms with E-state index in [9.17, 15) is 19.5 Å². The number of benzene rings is 1. The molecule has 0 unspecified atom stereocenters. The molecule has 0 aromatic heterocycles. The van der Waals surface area contributed by atoms with Crippen molar-refractivity contribution in [3.05, 3.63) is 29.8 Å². The summed E-state index contributed by atoms with van der Waals surface area (Å²) < 4.78 is 0. The Hall–Kier alpha value is -2.25. The SMILES string of the molecule is CCCCN1C(=O)[C@@H]2[C@H]([C@@H](C)O)[NH2+][C@]3(C(=O)Nc4ccccc43)[C@@H]2C1=O. The number of nitrogens with one attached hydrogen (secondary N) is 1. The summed E-state index contributed by atoms with van der Waals surface area (Å²) >= 11 is 0. The Morgan fingerprint density at radius 2 is 2.00 bits per heavy atom. The molecule has 2 saturated heterocycles. The molecule has 1 aromatic carbocycles. The third-order valence-corrected chi connectivity index (χ3v) is 6.09. The number of aliphatic hydroxyl groups excluding tert-OH is 1. The molecule has 4 N–H and O–H groups in total. The summed E-state index contributed by atoms with van der Waals surface area (Å²) in [4.78, 5) is 40.6. The van der Waals surface area contributed by atoms with Crippen LogP contribution in [0.1, 0.15) is 32.3 Å². The Kier molecular flexibility index (Phi) is 3.89. The number of imide groups is 1. The van der Waals surface area contributed by atoms with Crippen LogP contribution in [0.2, 0.25) is 0 Å². The molecule has 5 atom stereocenters. The first-order chi connectivity index (χ1) is 12.4. The molecule has 3 amide bonds. The van der Waals surface area contributed by atoms with E-state index in [4.69, 9.17) is 0 Å². The zero-order chi connectivity index (χ0) is 18.6. The second kappa shape index (κ2) is 5.89. The van der Waals surface area contributed by atoms with Gasteiger partial charge in [0.2, 0.25) is 17.4 Å². The summed E-state index contributed by atoms with van der Waals surface area (Å²) in [5.41, 5.74) is 0.212. The van der Waals surface area contributed by atoms with Crippen LogP contribution in [0.4, 0.5) is 5.69 Å². The fourth-order valence-corrected chi connectivity index (χ4v) is 4.88. The lowest BCUT2D eigenvalue weighted by Crippen LogP contribution is -3.00. The van der Waals surface area contributed by atoms with Gasteiger partial charge in [0.05, 0.1) is 5.69 Å². The minimum Gasteiger partial charge on any atom is -0.387 e. The Morgan fingerprint density at radius 3 is 2.69 bits per heavy atom. The number of rotatable bonds is 4. The lowest BCUT2D eigenvalue weighted by Gasteiger charge is -2.26. The highest BCUT2D eigenvalue weighted by Gasteiger charge is 2.74. The highest BCUT2D eigenvalue weighted by Crippen LogP contribution is 2.49. The summed E-state index contributed by atoms with van der Waals surface area (Å²) in [5.74, 6) is -2.30. The second-order valence-corrected chi connectivity index (χ2v) is 7.54. The molecule has 1 aromatic rings. The lowest BCUT2D eigenvalue weighted by molar-refractivity contribution is -0.738. The zero-order valence-electron chi connectivity index (χ0n) is 14.9. The number of fused-ring (bicyclic) bond motifs is 4. The van der Waals surface area contributed by atoms with E-state index in [1.807, 2.05) is 25.1 Å². The molecule has 138 valence electrons. The van der Waals surface area contributed by atoms with Crippen LogP contribution in [0.15, 0.2) is 24.3 Å². The van der Waals surface area contributed by atoms with E-state index in [-0.39, 0.29) is 17.7 Å². The lowest BCUT2D eigenvalue weighted by atomic mass is 9.76. The summed E-state index contributed by atoms with van der Waals surface area (Å²) in [6, 6.07) is 6.76. The van der Waals surface area contributed by atoms with Crippen molar-refractivity contribution in [2.75, 3.05) is 11.9 Å². The van der Waals surface area contributed by atoms with Gasteiger partial charge in [-0.25, -0.2) is 0 Å². The van der Waals surface area contributed by atoms with Gasteiger partial charge in [0.25, 0.3) is 5.91 Å². The molecule has 1 spiro atoms. The maximum absolute atomic E-state index is 13.2. The molecule has 0 aliphatic carbocycles. The highest BCUT2D eigenvalue weighted by molar-refractivity contribution is 6.13. The van der Waals surface area contributed by atoms with E-state index in [1.54, 1.807) is 18.3 Å². The Balaban J connectivity index is 1.85. The number of carbonyl (C=O) groups is 3. The van der Waals surface area contributed by atoms with Gasteiger partial charge in [0.1, 0.15) is 24.0 Å². The maximum atomic E-state index is 13.2. The maximum Gasteiger partial charge on any atom is 0.291 e. The number of hydrogen-bond donors (Lipinski definition) is 3. The molecular weight excluding hydrogens is 334 g/mol. The van der Waals surface area contributed by atoms with E-state index in [2.05, 4.69) is 5.32 Å². The quantitative estimate of drug-likeness (QED) is 0.635. The number of aliphatic hydroxyl groups is 1. The predicted molar refractivity (Wildman–Crippen MR) is 92.8 cm³/mol. The smallest absolute Gasteiger partial charge is 0.291 e. The number of likely N-dealkylation sites (tertiary alicyclic amines) is 1. The van der Waals surface area contributed by atoms with Gasteiger partial charge in [-0.05, 0) is 19.4 Å². The number of unbranched alkanes of at least 4 members (excludes halogenated alkanes) is 1. The van der Waals surface area contributed by atoms with Crippen LogP contribution in [-0.2, 0) is 19.9 Å². The number of nitrogens with zero attached hydrogens (tertiary/aromatic N) is 1. The third kappa shape index (κ3) is 2.04. The summed E-state index contributed by atoms with van der Waals surface area (Å²) in [7, 11) is 0. The first-order valence-electron chi connectivity index (χ1n) is 9.23. The van der Waals surface area contributed by atoms with Crippen LogP contribution in [-0.4, -0.2) is 46.4 Å². The minimum absolute atomic E-state index is 0.260. The molecule has 26 heavy (non-hydrogen) atoms. The predicted octanol–water partition coefficient (Wildman–Crippen LogP) is -0.438. The molecule has 3 aliphatic heterocycles. The van der Waals surface area contributed by atoms with Crippen LogP contribution < -0.4 is 10.6 Å². The van der Waals surface area contributed by atoms with Crippen LogP contribution in [0.25, 0.3) is 0 Å². The van der Waals surface area contributed by atoms with Gasteiger partial charge in [0.15, 0.2) is 0 Å². The first kappa shape index (κ1) is 17.2. The molecule has 3 aliphatic rings. The highest BCUT2D eigenvalue weighted by atomic mass is 16.3. The molecule has 7 heteroatoms. The van der Waals surface area contributed by atoms with Gasteiger partial charge >= 0.3 is 0 Å². The molecule has 0 saturated carbocycles. The topological polar surface area (TPSA) is 103 Å². The van der Waals surface area contributed by atoms with Crippen molar-refractivity contribution in [3.8, 4) is 0 Å². The van der Waals surface area contributed by atoms with Crippen molar-refractivity contribution in [3.63, 3.8) is 0 Å². The van der Waals surface area contributed by atoms with Gasteiger partial charge in [-0.15, -0.1) is 0 Å².